The summed E-state index contributed by atoms with van der Waals surface area (Å²) in [5, 5.41) is 1.23. The van der Waals surface area contributed by atoms with Gasteiger partial charge in [0, 0.05) is 22.8 Å². The van der Waals surface area contributed by atoms with Crippen molar-refractivity contribution in [1.82, 2.24) is 14.4 Å². The molecular formula is C25H30BrN3. The van der Waals surface area contributed by atoms with Crippen LogP contribution in [0.1, 0.15) is 58.4 Å². The van der Waals surface area contributed by atoms with Crippen LogP contribution in [-0.2, 0) is 10.8 Å². The monoisotopic (exact) mass is 451 g/mol. The van der Waals surface area contributed by atoms with Gasteiger partial charge >= 0.3 is 0 Å². The second-order valence-corrected chi connectivity index (χ2v) is 10.3. The minimum Gasteiger partial charge on any atom is -0.294 e. The molecule has 0 saturated carbocycles. The van der Waals surface area contributed by atoms with Crippen LogP contribution in [0.2, 0.25) is 0 Å². The van der Waals surface area contributed by atoms with Crippen molar-refractivity contribution in [1.29, 1.82) is 0 Å². The molecule has 0 atom stereocenters. The van der Waals surface area contributed by atoms with Crippen LogP contribution in [0.5, 0.6) is 0 Å². The van der Waals surface area contributed by atoms with Crippen LogP contribution in [0.3, 0.4) is 0 Å². The number of benzene rings is 1. The molecule has 152 valence electrons. The van der Waals surface area contributed by atoms with E-state index in [0.29, 0.717) is 0 Å². The zero-order chi connectivity index (χ0) is 21.4. The molecule has 4 rings (SSSR count). The summed E-state index contributed by atoms with van der Waals surface area (Å²) >= 11 is 3.47. The predicted octanol–water partition coefficient (Wildman–Crippen LogP) is 7.24. The number of hydrogen-bond acceptors (Lipinski definition) is 2. The molecule has 4 heteroatoms. The number of rotatable bonds is 0. The number of para-hydroxylation sites is 1. The standard InChI is InChI=1S/C14H17N.C11H13BrN2/c1-10-8-9-11-6-5-7-12(13(11)15-10)14(2,3)4;1-11(2,3)8-5-4-6-14-9(12)7-13-10(8)14/h5-9H,1-4H3;4-7H,1-3H3. The smallest absolute Gasteiger partial charge is 0.141 e. The van der Waals surface area contributed by atoms with Gasteiger partial charge in [-0.05, 0) is 51.4 Å². The Balaban J connectivity index is 0.000000166. The third-order valence-corrected chi connectivity index (χ3v) is 5.55. The van der Waals surface area contributed by atoms with E-state index in [9.17, 15) is 0 Å². The van der Waals surface area contributed by atoms with E-state index in [2.05, 4.69) is 114 Å². The fourth-order valence-electron chi connectivity index (χ4n) is 3.42. The number of hydrogen-bond donors (Lipinski definition) is 0. The molecule has 4 aromatic rings. The van der Waals surface area contributed by atoms with E-state index >= 15 is 0 Å². The van der Waals surface area contributed by atoms with E-state index in [-0.39, 0.29) is 10.8 Å². The molecule has 0 aliphatic rings. The summed E-state index contributed by atoms with van der Waals surface area (Å²) in [4.78, 5) is 9.04. The Morgan fingerprint density at radius 1 is 0.828 bits per heavy atom. The third-order valence-electron chi connectivity index (χ3n) is 4.97. The van der Waals surface area contributed by atoms with E-state index in [0.717, 1.165) is 21.5 Å². The van der Waals surface area contributed by atoms with E-state index < -0.39 is 0 Å². The topological polar surface area (TPSA) is 30.2 Å². The molecule has 0 aliphatic heterocycles. The lowest BCUT2D eigenvalue weighted by Crippen LogP contribution is -2.12. The van der Waals surface area contributed by atoms with Crippen LogP contribution in [0.15, 0.2) is 59.5 Å². The van der Waals surface area contributed by atoms with Crippen molar-refractivity contribution >= 4 is 32.5 Å². The number of aromatic nitrogens is 3. The van der Waals surface area contributed by atoms with E-state index in [1.165, 1.54) is 16.5 Å². The first-order valence-electron chi connectivity index (χ1n) is 9.97. The first kappa shape index (κ1) is 21.5. The highest BCUT2D eigenvalue weighted by Crippen LogP contribution is 2.29. The van der Waals surface area contributed by atoms with Gasteiger partial charge in [-0.3, -0.25) is 9.38 Å². The van der Waals surface area contributed by atoms with Crippen LogP contribution in [0, 0.1) is 6.92 Å². The molecular weight excluding hydrogens is 422 g/mol. The Hall–Kier alpha value is -2.20. The number of aryl methyl sites for hydroxylation is 1. The molecule has 0 fully saturated rings. The summed E-state index contributed by atoms with van der Waals surface area (Å²) in [6, 6.07) is 14.8. The van der Waals surface area contributed by atoms with E-state index in [1.54, 1.807) is 0 Å². The summed E-state index contributed by atoms with van der Waals surface area (Å²) in [5.41, 5.74) is 6.14. The van der Waals surface area contributed by atoms with Gasteiger partial charge in [0.25, 0.3) is 0 Å². The van der Waals surface area contributed by atoms with E-state index in [4.69, 9.17) is 0 Å². The lowest BCUT2D eigenvalue weighted by Gasteiger charge is -2.20. The average Bonchev–Trinajstić information content (AvgIpc) is 3.01. The lowest BCUT2D eigenvalue weighted by atomic mass is 9.85. The van der Waals surface area contributed by atoms with Crippen molar-refractivity contribution in [3.8, 4) is 0 Å². The van der Waals surface area contributed by atoms with Crippen molar-refractivity contribution in [2.45, 2.75) is 59.3 Å². The molecule has 0 N–H and O–H groups in total. The third kappa shape index (κ3) is 4.69. The molecule has 3 aromatic heterocycles. The minimum absolute atomic E-state index is 0.132. The molecule has 0 unspecified atom stereocenters. The first-order chi connectivity index (χ1) is 13.5. The van der Waals surface area contributed by atoms with Crippen molar-refractivity contribution in [2.24, 2.45) is 0 Å². The van der Waals surface area contributed by atoms with Gasteiger partial charge in [-0.1, -0.05) is 71.9 Å². The van der Waals surface area contributed by atoms with Crippen LogP contribution in [0.25, 0.3) is 16.6 Å². The molecule has 1 aromatic carbocycles. The Morgan fingerprint density at radius 3 is 2.14 bits per heavy atom. The normalized spacial score (nSPS) is 12.1. The highest BCUT2D eigenvalue weighted by molar-refractivity contribution is 9.10. The van der Waals surface area contributed by atoms with Gasteiger partial charge in [-0.25, -0.2) is 4.98 Å². The van der Waals surface area contributed by atoms with Crippen LogP contribution in [-0.4, -0.2) is 14.4 Å². The first-order valence-corrected chi connectivity index (χ1v) is 10.8. The average molecular weight is 452 g/mol. The lowest BCUT2D eigenvalue weighted by molar-refractivity contribution is 0.591. The molecule has 0 bridgehead atoms. The maximum Gasteiger partial charge on any atom is 0.141 e. The van der Waals surface area contributed by atoms with Gasteiger partial charge in [-0.15, -0.1) is 0 Å². The Labute approximate surface area is 182 Å². The molecule has 0 amide bonds. The zero-order valence-corrected chi connectivity index (χ0v) is 20.0. The van der Waals surface area contributed by atoms with Crippen LogP contribution < -0.4 is 0 Å². The Kier molecular flexibility index (Phi) is 5.86. The molecule has 29 heavy (non-hydrogen) atoms. The zero-order valence-electron chi connectivity index (χ0n) is 18.4. The number of fused-ring (bicyclic) bond motifs is 2. The quantitative estimate of drug-likeness (QED) is 0.282. The van der Waals surface area contributed by atoms with Crippen molar-refractivity contribution in [3.63, 3.8) is 0 Å². The molecule has 3 nitrogen and oxygen atoms in total. The SMILES string of the molecule is CC(C)(C)c1cccn2c(Br)cnc12.Cc1ccc2cccc(C(C)(C)C)c2n1. The Bertz CT molecular complexity index is 1140. The van der Waals surface area contributed by atoms with Crippen molar-refractivity contribution < 1.29 is 0 Å². The largest absolute Gasteiger partial charge is 0.294 e. The van der Waals surface area contributed by atoms with Crippen molar-refractivity contribution in [3.05, 3.63) is 76.3 Å². The highest BCUT2D eigenvalue weighted by atomic mass is 79.9. The summed E-state index contributed by atoms with van der Waals surface area (Å²) in [6.07, 6.45) is 3.85. The van der Waals surface area contributed by atoms with Gasteiger partial charge < -0.3 is 0 Å². The summed E-state index contributed by atoms with van der Waals surface area (Å²) in [6.45, 7) is 15.3. The van der Waals surface area contributed by atoms with Crippen LogP contribution in [0.4, 0.5) is 0 Å². The summed E-state index contributed by atoms with van der Waals surface area (Å²) < 4.78 is 3.05. The number of halogens is 1. The maximum absolute atomic E-state index is 4.64. The van der Waals surface area contributed by atoms with E-state index in [1.807, 2.05) is 19.3 Å². The second-order valence-electron chi connectivity index (χ2n) is 9.53. The van der Waals surface area contributed by atoms with Gasteiger partial charge in [-0.2, -0.15) is 0 Å². The van der Waals surface area contributed by atoms with Gasteiger partial charge in [0.2, 0.25) is 0 Å². The van der Waals surface area contributed by atoms with Crippen LogP contribution >= 0.6 is 15.9 Å². The number of imidazole rings is 1. The number of nitrogens with zero attached hydrogens (tertiary/aromatic N) is 3. The summed E-state index contributed by atoms with van der Waals surface area (Å²) in [5.74, 6) is 0. The number of pyridine rings is 2. The molecule has 0 radical (unpaired) electrons. The van der Waals surface area contributed by atoms with Gasteiger partial charge in [0.05, 0.1) is 11.7 Å². The highest BCUT2D eigenvalue weighted by Gasteiger charge is 2.18. The Morgan fingerprint density at radius 2 is 1.48 bits per heavy atom. The van der Waals surface area contributed by atoms with Gasteiger partial charge in [0.1, 0.15) is 10.3 Å². The predicted molar refractivity (Wildman–Crippen MR) is 127 cm³/mol. The molecule has 0 saturated heterocycles. The maximum atomic E-state index is 4.64. The second kappa shape index (κ2) is 7.91. The fourth-order valence-corrected chi connectivity index (χ4v) is 3.80. The minimum atomic E-state index is 0.132. The fraction of sp³-hybridized carbons (Fsp3) is 0.360. The van der Waals surface area contributed by atoms with Gasteiger partial charge in [0.15, 0.2) is 0 Å². The molecule has 0 aliphatic carbocycles. The van der Waals surface area contributed by atoms with Crippen molar-refractivity contribution in [2.75, 3.05) is 0 Å². The molecule has 3 heterocycles. The summed E-state index contributed by atoms with van der Waals surface area (Å²) in [7, 11) is 0. The molecule has 0 spiro atoms.